The summed E-state index contributed by atoms with van der Waals surface area (Å²) in [6, 6.07) is 9.19. The van der Waals surface area contributed by atoms with Crippen molar-refractivity contribution in [3.8, 4) is 16.5 Å². The van der Waals surface area contributed by atoms with E-state index in [4.69, 9.17) is 20.9 Å². The number of rotatable bonds is 7. The van der Waals surface area contributed by atoms with Crippen LogP contribution in [0.5, 0.6) is 5.75 Å². The molecule has 8 heteroatoms. The van der Waals surface area contributed by atoms with Crippen molar-refractivity contribution < 1.29 is 14.1 Å². The molecule has 0 saturated heterocycles. The molecule has 0 aliphatic rings. The van der Waals surface area contributed by atoms with Crippen LogP contribution in [0.4, 0.5) is 0 Å². The highest BCUT2D eigenvalue weighted by molar-refractivity contribution is 7.13. The summed E-state index contributed by atoms with van der Waals surface area (Å²) in [5.74, 6) is 1.37. The lowest BCUT2D eigenvalue weighted by Crippen LogP contribution is -2.39. The Morgan fingerprint density at radius 2 is 2.22 bits per heavy atom. The van der Waals surface area contributed by atoms with E-state index in [9.17, 15) is 4.79 Å². The Bertz CT molecular complexity index is 911. The van der Waals surface area contributed by atoms with Crippen LogP contribution in [-0.4, -0.2) is 34.1 Å². The molecule has 1 amide bonds. The predicted octanol–water partition coefficient (Wildman–Crippen LogP) is 4.58. The van der Waals surface area contributed by atoms with Gasteiger partial charge in [0, 0.05) is 12.1 Å². The minimum atomic E-state index is -0.602. The Balaban J connectivity index is 1.65. The molecular weight excluding hydrogens is 386 g/mol. The molecule has 142 valence electrons. The largest absolute Gasteiger partial charge is 0.481 e. The first-order valence-corrected chi connectivity index (χ1v) is 9.78. The third-order valence-corrected chi connectivity index (χ3v) is 5.30. The Kier molecular flexibility index (Phi) is 6.13. The number of carbonyl (C=O) groups excluding carboxylic acids is 1. The fourth-order valence-electron chi connectivity index (χ4n) is 2.51. The lowest BCUT2D eigenvalue weighted by Gasteiger charge is -2.23. The lowest BCUT2D eigenvalue weighted by molar-refractivity contribution is -0.138. The topological polar surface area (TPSA) is 68.5 Å². The van der Waals surface area contributed by atoms with E-state index in [0.717, 1.165) is 10.4 Å². The molecule has 2 heterocycles. The van der Waals surface area contributed by atoms with Crippen LogP contribution in [0.15, 0.2) is 40.2 Å². The van der Waals surface area contributed by atoms with Crippen molar-refractivity contribution in [2.24, 2.45) is 0 Å². The summed E-state index contributed by atoms with van der Waals surface area (Å²) < 4.78 is 11.1. The molecule has 6 nitrogen and oxygen atoms in total. The number of benzene rings is 1. The summed E-state index contributed by atoms with van der Waals surface area (Å²) in [4.78, 5) is 19.6. The average Bonchev–Trinajstić information content (AvgIpc) is 3.33. The number of halogens is 1. The number of likely N-dealkylation sites (N-methyl/N-ethyl adjacent to an activating group) is 1. The number of amides is 1. The zero-order valence-corrected chi connectivity index (χ0v) is 16.9. The van der Waals surface area contributed by atoms with Crippen LogP contribution < -0.4 is 4.74 Å². The third-order valence-electron chi connectivity index (χ3n) is 4.01. The highest BCUT2D eigenvalue weighted by Crippen LogP contribution is 2.24. The molecule has 27 heavy (non-hydrogen) atoms. The van der Waals surface area contributed by atoms with Gasteiger partial charge >= 0.3 is 0 Å². The van der Waals surface area contributed by atoms with Crippen LogP contribution in [0.1, 0.15) is 24.8 Å². The fraction of sp³-hybridized carbons (Fsp3) is 0.316. The average molecular weight is 406 g/mol. The molecule has 0 aliphatic carbocycles. The smallest absolute Gasteiger partial charge is 0.263 e. The second-order valence-corrected chi connectivity index (χ2v) is 7.46. The Labute approximate surface area is 166 Å². The van der Waals surface area contributed by atoms with Gasteiger partial charge in [0.25, 0.3) is 5.91 Å². The molecular formula is C19H20ClN3O3S. The van der Waals surface area contributed by atoms with Crippen LogP contribution >= 0.6 is 22.9 Å². The molecule has 1 aromatic carbocycles. The molecule has 0 bridgehead atoms. The monoisotopic (exact) mass is 405 g/mol. The van der Waals surface area contributed by atoms with Gasteiger partial charge in [-0.05, 0) is 48.6 Å². The fourth-order valence-corrected chi connectivity index (χ4v) is 3.28. The summed E-state index contributed by atoms with van der Waals surface area (Å²) in [7, 11) is 1.69. The molecule has 0 radical (unpaired) electrons. The molecule has 0 aliphatic heterocycles. The lowest BCUT2D eigenvalue weighted by atomic mass is 10.2. The number of hydrogen-bond donors (Lipinski definition) is 0. The molecule has 0 unspecified atom stereocenters. The van der Waals surface area contributed by atoms with Crippen LogP contribution in [0.3, 0.4) is 0 Å². The molecule has 0 fully saturated rings. The number of ether oxygens (including phenoxy) is 1. The number of thiophene rings is 1. The number of aromatic nitrogens is 2. The first-order chi connectivity index (χ1) is 13.0. The maximum Gasteiger partial charge on any atom is 0.263 e. The van der Waals surface area contributed by atoms with E-state index in [1.807, 2.05) is 37.4 Å². The number of aryl methyl sites for hydroxylation is 1. The van der Waals surface area contributed by atoms with Gasteiger partial charge in [0.2, 0.25) is 11.7 Å². The van der Waals surface area contributed by atoms with Crippen molar-refractivity contribution in [2.75, 3.05) is 7.05 Å². The van der Waals surface area contributed by atoms with Gasteiger partial charge in [0.05, 0.1) is 11.4 Å². The quantitative estimate of drug-likeness (QED) is 0.575. The van der Waals surface area contributed by atoms with Crippen molar-refractivity contribution in [2.45, 2.75) is 32.9 Å². The SMILES string of the molecule is CC[C@@H](Oc1ccc(Cl)c(C)c1)C(=O)N(C)Cc1nc(-c2cccs2)no1. The van der Waals surface area contributed by atoms with E-state index in [1.165, 1.54) is 16.2 Å². The highest BCUT2D eigenvalue weighted by Gasteiger charge is 2.24. The second kappa shape index (κ2) is 8.54. The summed E-state index contributed by atoms with van der Waals surface area (Å²) in [5.41, 5.74) is 0.900. The van der Waals surface area contributed by atoms with Crippen molar-refractivity contribution in [1.29, 1.82) is 0 Å². The molecule has 2 aromatic heterocycles. The first-order valence-electron chi connectivity index (χ1n) is 8.52. The molecule has 3 aromatic rings. The Morgan fingerprint density at radius 1 is 1.41 bits per heavy atom. The number of nitrogens with zero attached hydrogens (tertiary/aromatic N) is 3. The van der Waals surface area contributed by atoms with Gasteiger partial charge < -0.3 is 14.2 Å². The van der Waals surface area contributed by atoms with E-state index in [2.05, 4.69) is 10.1 Å². The van der Waals surface area contributed by atoms with E-state index >= 15 is 0 Å². The van der Waals surface area contributed by atoms with Gasteiger partial charge in [0.1, 0.15) is 5.75 Å². The van der Waals surface area contributed by atoms with Gasteiger partial charge in [0.15, 0.2) is 6.10 Å². The number of hydrogen-bond acceptors (Lipinski definition) is 6. The van der Waals surface area contributed by atoms with Crippen molar-refractivity contribution >= 4 is 28.8 Å². The molecule has 0 N–H and O–H groups in total. The van der Waals surface area contributed by atoms with Gasteiger partial charge in [-0.25, -0.2) is 0 Å². The zero-order valence-electron chi connectivity index (χ0n) is 15.3. The second-order valence-electron chi connectivity index (χ2n) is 6.11. The first kappa shape index (κ1) is 19.4. The van der Waals surface area contributed by atoms with Crippen molar-refractivity contribution in [3.05, 3.63) is 52.2 Å². The minimum absolute atomic E-state index is 0.152. The van der Waals surface area contributed by atoms with E-state index < -0.39 is 6.10 Å². The molecule has 3 rings (SSSR count). The van der Waals surface area contributed by atoms with E-state index in [0.29, 0.717) is 28.9 Å². The summed E-state index contributed by atoms with van der Waals surface area (Å²) in [5, 5.41) is 6.58. The maximum atomic E-state index is 12.8. The van der Waals surface area contributed by atoms with Crippen LogP contribution in [-0.2, 0) is 11.3 Å². The normalized spacial score (nSPS) is 12.0. The Hall–Kier alpha value is -2.38. The van der Waals surface area contributed by atoms with Gasteiger partial charge in [-0.2, -0.15) is 4.98 Å². The van der Waals surface area contributed by atoms with E-state index in [-0.39, 0.29) is 12.5 Å². The van der Waals surface area contributed by atoms with Crippen LogP contribution in [0.2, 0.25) is 5.02 Å². The van der Waals surface area contributed by atoms with Gasteiger partial charge in [-0.15, -0.1) is 11.3 Å². The molecule has 0 saturated carbocycles. The number of carbonyl (C=O) groups is 1. The van der Waals surface area contributed by atoms with Crippen molar-refractivity contribution in [1.82, 2.24) is 15.0 Å². The van der Waals surface area contributed by atoms with Gasteiger partial charge in [-0.3, -0.25) is 4.79 Å². The van der Waals surface area contributed by atoms with Crippen LogP contribution in [0, 0.1) is 6.92 Å². The Morgan fingerprint density at radius 3 is 2.89 bits per heavy atom. The minimum Gasteiger partial charge on any atom is -0.481 e. The standard InChI is InChI=1S/C19H20ClN3O3S/c1-4-15(25-13-7-8-14(20)12(2)10-13)19(24)23(3)11-17-21-18(22-26-17)16-6-5-9-27-16/h5-10,15H,4,11H2,1-3H3/t15-/m1/s1. The van der Waals surface area contributed by atoms with Gasteiger partial charge in [-0.1, -0.05) is 29.7 Å². The summed E-state index contributed by atoms with van der Waals surface area (Å²) in [6.45, 7) is 4.02. The van der Waals surface area contributed by atoms with E-state index in [1.54, 1.807) is 19.2 Å². The maximum absolute atomic E-state index is 12.8. The predicted molar refractivity (Wildman–Crippen MR) is 105 cm³/mol. The van der Waals surface area contributed by atoms with Crippen LogP contribution in [0.25, 0.3) is 10.7 Å². The summed E-state index contributed by atoms with van der Waals surface area (Å²) >= 11 is 7.57. The highest BCUT2D eigenvalue weighted by atomic mass is 35.5. The summed E-state index contributed by atoms with van der Waals surface area (Å²) in [6.07, 6.45) is -0.0648. The molecule has 0 spiro atoms. The van der Waals surface area contributed by atoms with Crippen molar-refractivity contribution in [3.63, 3.8) is 0 Å². The zero-order chi connectivity index (χ0) is 19.4. The third kappa shape index (κ3) is 4.67. The molecule has 1 atom stereocenters.